The lowest BCUT2D eigenvalue weighted by molar-refractivity contribution is -0.137. The van der Waals surface area contributed by atoms with Gasteiger partial charge in [0.15, 0.2) is 0 Å². The van der Waals surface area contributed by atoms with Crippen LogP contribution in [0.5, 0.6) is 0 Å². The van der Waals surface area contributed by atoms with Crippen molar-refractivity contribution in [3.63, 3.8) is 0 Å². The number of rotatable bonds is 4. The molecule has 0 saturated carbocycles. The Labute approximate surface area is 152 Å². The molecular formula is C19H16F4N2O2. The van der Waals surface area contributed by atoms with Crippen molar-refractivity contribution in [3.8, 4) is 0 Å². The first-order chi connectivity index (χ1) is 12.8. The standard InChI is InChI=1S/C19H16F4N2O2/c20-15-3-1-2-4-16(15)25-11-13(9-17(25)26)18(27)24-10-12-5-7-14(8-6-12)19(21,22)23/h1-8,13H,9-11H2,(H,24,27). The van der Waals surface area contributed by atoms with Crippen molar-refractivity contribution in [2.24, 2.45) is 5.92 Å². The van der Waals surface area contributed by atoms with Crippen LogP contribution >= 0.6 is 0 Å². The SMILES string of the molecule is O=C(NCc1ccc(C(F)(F)F)cc1)C1CC(=O)N(c2ccccc2F)C1. The molecule has 8 heteroatoms. The number of nitrogens with one attached hydrogen (secondary N) is 1. The van der Waals surface area contributed by atoms with Gasteiger partial charge < -0.3 is 10.2 Å². The molecule has 27 heavy (non-hydrogen) atoms. The molecule has 1 heterocycles. The second kappa shape index (κ2) is 7.38. The molecular weight excluding hydrogens is 364 g/mol. The Balaban J connectivity index is 1.59. The van der Waals surface area contributed by atoms with Gasteiger partial charge in [0.2, 0.25) is 11.8 Å². The minimum absolute atomic E-state index is 0.0430. The summed E-state index contributed by atoms with van der Waals surface area (Å²) in [6, 6.07) is 10.3. The third kappa shape index (κ3) is 4.27. The van der Waals surface area contributed by atoms with Gasteiger partial charge >= 0.3 is 6.18 Å². The summed E-state index contributed by atoms with van der Waals surface area (Å²) < 4.78 is 51.5. The van der Waals surface area contributed by atoms with Crippen molar-refractivity contribution in [2.75, 3.05) is 11.4 Å². The molecule has 1 fully saturated rings. The third-order valence-electron chi connectivity index (χ3n) is 4.39. The number of para-hydroxylation sites is 1. The Morgan fingerprint density at radius 1 is 1.11 bits per heavy atom. The summed E-state index contributed by atoms with van der Waals surface area (Å²) in [7, 11) is 0. The Kier molecular flexibility index (Phi) is 5.16. The van der Waals surface area contributed by atoms with E-state index in [4.69, 9.17) is 0 Å². The lowest BCUT2D eigenvalue weighted by Crippen LogP contribution is -2.32. The van der Waals surface area contributed by atoms with Gasteiger partial charge in [-0.3, -0.25) is 9.59 Å². The summed E-state index contributed by atoms with van der Waals surface area (Å²) in [6.07, 6.45) is -4.46. The number of anilines is 1. The van der Waals surface area contributed by atoms with Crippen LogP contribution in [0.2, 0.25) is 0 Å². The van der Waals surface area contributed by atoms with Gasteiger partial charge in [0.25, 0.3) is 0 Å². The Morgan fingerprint density at radius 3 is 2.41 bits per heavy atom. The third-order valence-corrected chi connectivity index (χ3v) is 4.39. The fourth-order valence-electron chi connectivity index (χ4n) is 2.93. The van der Waals surface area contributed by atoms with E-state index < -0.39 is 29.4 Å². The van der Waals surface area contributed by atoms with Crippen LogP contribution in [-0.2, 0) is 22.3 Å². The van der Waals surface area contributed by atoms with Gasteiger partial charge in [-0.15, -0.1) is 0 Å². The molecule has 142 valence electrons. The maximum absolute atomic E-state index is 13.9. The second-order valence-electron chi connectivity index (χ2n) is 6.27. The van der Waals surface area contributed by atoms with Crippen LogP contribution in [0.25, 0.3) is 0 Å². The Bertz CT molecular complexity index is 850. The average Bonchev–Trinajstić information content (AvgIpc) is 3.01. The first-order valence-corrected chi connectivity index (χ1v) is 8.24. The molecule has 1 atom stereocenters. The average molecular weight is 380 g/mol. The molecule has 0 bridgehead atoms. The molecule has 1 aliphatic heterocycles. The summed E-state index contributed by atoms with van der Waals surface area (Å²) in [5, 5.41) is 2.61. The van der Waals surface area contributed by atoms with Crippen molar-refractivity contribution in [1.82, 2.24) is 5.32 Å². The maximum Gasteiger partial charge on any atom is 0.416 e. The van der Waals surface area contributed by atoms with Gasteiger partial charge in [-0.25, -0.2) is 4.39 Å². The predicted octanol–water partition coefficient (Wildman–Crippen LogP) is 3.51. The minimum Gasteiger partial charge on any atom is -0.352 e. The highest BCUT2D eigenvalue weighted by Gasteiger charge is 2.36. The van der Waals surface area contributed by atoms with Gasteiger partial charge in [0.05, 0.1) is 17.2 Å². The lowest BCUT2D eigenvalue weighted by atomic mass is 10.1. The Morgan fingerprint density at radius 2 is 1.78 bits per heavy atom. The van der Waals surface area contributed by atoms with Crippen LogP contribution < -0.4 is 10.2 Å². The van der Waals surface area contributed by atoms with E-state index >= 15 is 0 Å². The van der Waals surface area contributed by atoms with Crippen LogP contribution in [0, 0.1) is 11.7 Å². The number of benzene rings is 2. The molecule has 4 nitrogen and oxygen atoms in total. The number of hydrogen-bond acceptors (Lipinski definition) is 2. The van der Waals surface area contributed by atoms with Crippen molar-refractivity contribution in [1.29, 1.82) is 0 Å². The number of carbonyl (C=O) groups excluding carboxylic acids is 2. The first-order valence-electron chi connectivity index (χ1n) is 8.24. The van der Waals surface area contributed by atoms with Crippen molar-refractivity contribution >= 4 is 17.5 Å². The number of carbonyl (C=O) groups is 2. The van der Waals surface area contributed by atoms with Crippen LogP contribution in [0.1, 0.15) is 17.5 Å². The molecule has 1 aliphatic rings. The van der Waals surface area contributed by atoms with Crippen LogP contribution in [-0.4, -0.2) is 18.4 Å². The molecule has 0 spiro atoms. The van der Waals surface area contributed by atoms with Gasteiger partial charge in [-0.2, -0.15) is 13.2 Å². The predicted molar refractivity (Wildman–Crippen MR) is 90.2 cm³/mol. The number of hydrogen-bond donors (Lipinski definition) is 1. The molecule has 1 unspecified atom stereocenters. The largest absolute Gasteiger partial charge is 0.416 e. The molecule has 1 saturated heterocycles. The van der Waals surface area contributed by atoms with Gasteiger partial charge in [0, 0.05) is 19.5 Å². The molecule has 2 amide bonds. The van der Waals surface area contributed by atoms with Gasteiger partial charge in [-0.05, 0) is 29.8 Å². The highest BCUT2D eigenvalue weighted by molar-refractivity contribution is 6.00. The zero-order valence-electron chi connectivity index (χ0n) is 14.1. The van der Waals surface area contributed by atoms with E-state index in [-0.39, 0.29) is 31.1 Å². The molecule has 0 aliphatic carbocycles. The monoisotopic (exact) mass is 380 g/mol. The highest BCUT2D eigenvalue weighted by atomic mass is 19.4. The van der Waals surface area contributed by atoms with E-state index in [0.29, 0.717) is 5.56 Å². The number of halogens is 4. The zero-order chi connectivity index (χ0) is 19.6. The molecule has 1 N–H and O–H groups in total. The highest BCUT2D eigenvalue weighted by Crippen LogP contribution is 2.29. The van der Waals surface area contributed by atoms with Gasteiger partial charge in [0.1, 0.15) is 5.82 Å². The van der Waals surface area contributed by atoms with E-state index in [1.807, 2.05) is 0 Å². The number of amides is 2. The van der Waals surface area contributed by atoms with E-state index in [2.05, 4.69) is 5.32 Å². The lowest BCUT2D eigenvalue weighted by Gasteiger charge is -2.17. The minimum atomic E-state index is -4.41. The summed E-state index contributed by atoms with van der Waals surface area (Å²) in [5.74, 6) is -1.94. The van der Waals surface area contributed by atoms with Crippen LogP contribution in [0.4, 0.5) is 23.2 Å². The fraction of sp³-hybridized carbons (Fsp3) is 0.263. The topological polar surface area (TPSA) is 49.4 Å². The molecule has 2 aromatic rings. The molecule has 3 rings (SSSR count). The smallest absolute Gasteiger partial charge is 0.352 e. The molecule has 0 radical (unpaired) electrons. The number of nitrogens with zero attached hydrogens (tertiary/aromatic N) is 1. The van der Waals surface area contributed by atoms with Crippen molar-refractivity contribution in [3.05, 3.63) is 65.5 Å². The van der Waals surface area contributed by atoms with Crippen LogP contribution in [0.15, 0.2) is 48.5 Å². The summed E-state index contributed by atoms with van der Waals surface area (Å²) in [5.41, 5.74) is -0.133. The van der Waals surface area contributed by atoms with Crippen molar-refractivity contribution in [2.45, 2.75) is 19.1 Å². The summed E-state index contributed by atoms with van der Waals surface area (Å²) >= 11 is 0. The first kappa shape index (κ1) is 18.9. The molecule has 2 aromatic carbocycles. The summed E-state index contributed by atoms with van der Waals surface area (Å²) in [6.45, 7) is 0.0972. The van der Waals surface area contributed by atoms with Crippen molar-refractivity contribution < 1.29 is 27.2 Å². The second-order valence-corrected chi connectivity index (χ2v) is 6.27. The van der Waals surface area contributed by atoms with E-state index in [0.717, 1.165) is 12.1 Å². The molecule has 0 aromatic heterocycles. The van der Waals surface area contributed by atoms with E-state index in [1.54, 1.807) is 6.07 Å². The summed E-state index contributed by atoms with van der Waals surface area (Å²) in [4.78, 5) is 25.6. The van der Waals surface area contributed by atoms with E-state index in [1.165, 1.54) is 35.2 Å². The normalized spacial score (nSPS) is 17.3. The Hall–Kier alpha value is -2.90. The quantitative estimate of drug-likeness (QED) is 0.826. The van der Waals surface area contributed by atoms with Crippen LogP contribution in [0.3, 0.4) is 0 Å². The van der Waals surface area contributed by atoms with Gasteiger partial charge in [-0.1, -0.05) is 24.3 Å². The fourth-order valence-corrected chi connectivity index (χ4v) is 2.93. The maximum atomic E-state index is 13.9. The zero-order valence-corrected chi connectivity index (χ0v) is 14.1. The van der Waals surface area contributed by atoms with E-state index in [9.17, 15) is 27.2 Å². The number of alkyl halides is 3.